The zero-order valence-electron chi connectivity index (χ0n) is 23.8. The van der Waals surface area contributed by atoms with E-state index in [1.165, 1.54) is 12.1 Å². The lowest BCUT2D eigenvalue weighted by molar-refractivity contribution is -0.142. The van der Waals surface area contributed by atoms with Crippen molar-refractivity contribution in [3.05, 3.63) is 65.6 Å². The molecule has 2 aromatic heterocycles. The number of hydrogen-bond acceptors (Lipinski definition) is 11. The Balaban J connectivity index is 1.39. The largest absolute Gasteiger partial charge is 0.481 e. The maximum atomic E-state index is 14.8. The molecule has 1 unspecified atom stereocenters. The highest BCUT2D eigenvalue weighted by Gasteiger charge is 2.22. The first kappa shape index (κ1) is 30.3. The number of nitrogens with one attached hydrogen (secondary N) is 1. The Morgan fingerprint density at radius 2 is 1.69 bits per heavy atom. The Kier molecular flexibility index (Phi) is 9.97. The summed E-state index contributed by atoms with van der Waals surface area (Å²) in [4.78, 5) is 32.5. The summed E-state index contributed by atoms with van der Waals surface area (Å²) in [5.74, 6) is 0.402. The molecule has 222 valence electrons. The first-order valence-electron chi connectivity index (χ1n) is 13.6. The van der Waals surface area contributed by atoms with E-state index in [1.807, 2.05) is 19.1 Å². The minimum atomic E-state index is -0.774. The zero-order chi connectivity index (χ0) is 30.2. The van der Waals surface area contributed by atoms with E-state index in [1.54, 1.807) is 19.1 Å². The van der Waals surface area contributed by atoms with Crippen LogP contribution in [0.25, 0.3) is 22.8 Å². The van der Waals surface area contributed by atoms with E-state index in [4.69, 9.17) is 24.3 Å². The van der Waals surface area contributed by atoms with Crippen LogP contribution in [0.15, 0.2) is 51.5 Å². The maximum Gasteiger partial charge on any atom is 0.319 e. The molecule has 0 saturated heterocycles. The minimum Gasteiger partial charge on any atom is -0.481 e. The van der Waals surface area contributed by atoms with Gasteiger partial charge in [-0.3, -0.25) is 9.59 Å². The second-order valence-corrected chi connectivity index (χ2v) is 10.1. The van der Waals surface area contributed by atoms with Crippen molar-refractivity contribution >= 4 is 11.9 Å². The summed E-state index contributed by atoms with van der Waals surface area (Å²) in [5, 5.41) is 10.6. The number of nitrogens with zero attached hydrogens (tertiary/aromatic N) is 4. The number of rotatable bonds is 13. The van der Waals surface area contributed by atoms with Crippen LogP contribution in [0.3, 0.4) is 0 Å². The molecule has 3 N–H and O–H groups in total. The van der Waals surface area contributed by atoms with Crippen molar-refractivity contribution in [2.45, 2.75) is 52.7 Å². The number of esters is 1. The van der Waals surface area contributed by atoms with Crippen LogP contribution >= 0.6 is 0 Å². The summed E-state index contributed by atoms with van der Waals surface area (Å²) in [6.45, 7) is 7.33. The Labute approximate surface area is 241 Å². The van der Waals surface area contributed by atoms with Gasteiger partial charge in [-0.1, -0.05) is 37.2 Å². The van der Waals surface area contributed by atoms with Crippen LogP contribution in [0.1, 0.15) is 62.4 Å². The fourth-order valence-corrected chi connectivity index (χ4v) is 3.90. The molecule has 0 fully saturated rings. The number of nitrogens with two attached hydrogens (primary N) is 1. The van der Waals surface area contributed by atoms with Crippen LogP contribution in [0.4, 0.5) is 4.39 Å². The third-order valence-corrected chi connectivity index (χ3v) is 6.04. The first-order chi connectivity index (χ1) is 20.2. The Bertz CT molecular complexity index is 1500. The van der Waals surface area contributed by atoms with Gasteiger partial charge in [0.25, 0.3) is 11.8 Å². The van der Waals surface area contributed by atoms with Gasteiger partial charge in [0, 0.05) is 17.5 Å². The molecule has 0 bridgehead atoms. The van der Waals surface area contributed by atoms with Crippen molar-refractivity contribution in [2.24, 2.45) is 11.7 Å². The SMILES string of the molecule is CCC(Oc1ccc(-c2noc(CC(C)C)n2)cc1)c1nc(-c2ccc(C(=O)N[C@H](C)COC(=O)CN)c(F)c2)no1. The third-order valence-electron chi connectivity index (χ3n) is 6.04. The molecule has 0 spiro atoms. The van der Waals surface area contributed by atoms with Crippen molar-refractivity contribution in [1.82, 2.24) is 25.6 Å². The van der Waals surface area contributed by atoms with Gasteiger partial charge >= 0.3 is 5.97 Å². The molecule has 2 aromatic carbocycles. The summed E-state index contributed by atoms with van der Waals surface area (Å²) in [7, 11) is 0. The van der Waals surface area contributed by atoms with Crippen molar-refractivity contribution in [2.75, 3.05) is 13.2 Å². The molecule has 42 heavy (non-hydrogen) atoms. The molecule has 4 rings (SSSR count). The van der Waals surface area contributed by atoms with Gasteiger partial charge in [0.15, 0.2) is 6.10 Å². The lowest BCUT2D eigenvalue weighted by atomic mass is 10.1. The van der Waals surface area contributed by atoms with Crippen molar-refractivity contribution < 1.29 is 32.5 Å². The number of hydrogen-bond donors (Lipinski definition) is 2. The zero-order valence-corrected chi connectivity index (χ0v) is 23.8. The highest BCUT2D eigenvalue weighted by atomic mass is 19.1. The van der Waals surface area contributed by atoms with Crippen LogP contribution in [-0.2, 0) is 16.0 Å². The van der Waals surface area contributed by atoms with Crippen LogP contribution < -0.4 is 15.8 Å². The second kappa shape index (κ2) is 13.8. The van der Waals surface area contributed by atoms with E-state index in [9.17, 15) is 14.0 Å². The topological polar surface area (TPSA) is 168 Å². The number of carbonyl (C=O) groups excluding carboxylic acids is 2. The van der Waals surface area contributed by atoms with Gasteiger partial charge in [-0.15, -0.1) is 0 Å². The first-order valence-corrected chi connectivity index (χ1v) is 13.6. The molecule has 0 saturated carbocycles. The summed E-state index contributed by atoms with van der Waals surface area (Å²) in [5.41, 5.74) is 6.11. The molecule has 0 radical (unpaired) electrons. The number of carbonyl (C=O) groups is 2. The molecule has 0 aliphatic carbocycles. The summed E-state index contributed by atoms with van der Waals surface area (Å²) in [6, 6.07) is 10.7. The van der Waals surface area contributed by atoms with E-state index in [-0.39, 0.29) is 30.4 Å². The quantitative estimate of drug-likeness (QED) is 0.217. The van der Waals surface area contributed by atoms with Gasteiger partial charge in [0.1, 0.15) is 18.2 Å². The molecule has 12 nitrogen and oxygen atoms in total. The van der Waals surface area contributed by atoms with Gasteiger partial charge in [-0.2, -0.15) is 9.97 Å². The third kappa shape index (κ3) is 7.75. The summed E-state index contributed by atoms with van der Waals surface area (Å²) in [6.07, 6.45) is 0.684. The van der Waals surface area contributed by atoms with Crippen molar-refractivity contribution in [3.63, 3.8) is 0 Å². The molecular weight excluding hydrogens is 547 g/mol. The highest BCUT2D eigenvalue weighted by molar-refractivity contribution is 5.95. The van der Waals surface area contributed by atoms with E-state index < -0.39 is 29.8 Å². The normalized spacial score (nSPS) is 12.6. The van der Waals surface area contributed by atoms with Gasteiger partial charge in [-0.25, -0.2) is 4.39 Å². The number of aromatic nitrogens is 4. The lowest BCUT2D eigenvalue weighted by Crippen LogP contribution is -2.37. The molecule has 4 aromatic rings. The van der Waals surface area contributed by atoms with Crippen LogP contribution in [0.2, 0.25) is 0 Å². The number of ether oxygens (including phenoxy) is 2. The molecule has 13 heteroatoms. The standard InChI is InChI=1S/C29H33FN6O6/c1-5-23(40-20-9-6-18(7-10-20)26-33-24(41-35-26)12-16(2)3)29-34-27(36-42-29)19-8-11-21(22(30)13-19)28(38)32-17(4)15-39-25(37)14-31/h6-11,13,16-17,23H,5,12,14-15,31H2,1-4H3,(H,32,38)/t17-,23?/m1/s1. The maximum absolute atomic E-state index is 14.8. The molecule has 0 aliphatic heterocycles. The van der Waals surface area contributed by atoms with E-state index >= 15 is 0 Å². The van der Waals surface area contributed by atoms with Gasteiger partial charge in [0.05, 0.1) is 18.2 Å². The van der Waals surface area contributed by atoms with Crippen molar-refractivity contribution in [3.8, 4) is 28.5 Å². The van der Waals surface area contributed by atoms with Gasteiger partial charge in [-0.05, 0) is 55.7 Å². The Morgan fingerprint density at radius 3 is 2.36 bits per heavy atom. The van der Waals surface area contributed by atoms with Gasteiger partial charge < -0.3 is 29.6 Å². The monoisotopic (exact) mass is 580 g/mol. The smallest absolute Gasteiger partial charge is 0.319 e. The fraction of sp³-hybridized carbons (Fsp3) is 0.379. The average Bonchev–Trinajstić information content (AvgIpc) is 3.65. The molecule has 1 amide bonds. The number of benzene rings is 2. The van der Waals surface area contributed by atoms with Crippen LogP contribution in [0, 0.1) is 11.7 Å². The van der Waals surface area contributed by atoms with E-state index in [0.717, 1.165) is 11.6 Å². The van der Waals surface area contributed by atoms with Crippen molar-refractivity contribution in [1.29, 1.82) is 0 Å². The number of halogens is 1. The summed E-state index contributed by atoms with van der Waals surface area (Å²) >= 11 is 0. The van der Waals surface area contributed by atoms with Crippen LogP contribution in [-0.4, -0.2) is 51.4 Å². The number of amides is 1. The van der Waals surface area contributed by atoms with E-state index in [0.29, 0.717) is 41.8 Å². The minimum absolute atomic E-state index is 0.0873. The van der Waals surface area contributed by atoms with Gasteiger partial charge in [0.2, 0.25) is 17.5 Å². The lowest BCUT2D eigenvalue weighted by Gasteiger charge is -2.14. The van der Waals surface area contributed by atoms with E-state index in [2.05, 4.69) is 39.4 Å². The molecule has 2 heterocycles. The predicted octanol–water partition coefficient (Wildman–Crippen LogP) is 4.27. The van der Waals surface area contributed by atoms with Crippen LogP contribution in [0.5, 0.6) is 5.75 Å². The predicted molar refractivity (Wildman–Crippen MR) is 149 cm³/mol. The Morgan fingerprint density at radius 1 is 1.00 bits per heavy atom. The fourth-order valence-electron chi connectivity index (χ4n) is 3.90. The molecular formula is C29H33FN6O6. The Hall–Kier alpha value is -4.65. The highest BCUT2D eigenvalue weighted by Crippen LogP contribution is 2.28. The average molecular weight is 581 g/mol. The summed E-state index contributed by atoms with van der Waals surface area (Å²) < 4.78 is 36.5. The second-order valence-electron chi connectivity index (χ2n) is 10.1. The molecule has 2 atom stereocenters. The molecule has 0 aliphatic rings.